The summed E-state index contributed by atoms with van der Waals surface area (Å²) >= 11 is 0. The van der Waals surface area contributed by atoms with Crippen LogP contribution in [0.4, 0.5) is 14.7 Å². The Bertz CT molecular complexity index is 650. The third-order valence-electron chi connectivity index (χ3n) is 2.38. The zero-order valence-electron chi connectivity index (χ0n) is 10.1. The van der Waals surface area contributed by atoms with Crippen molar-refractivity contribution in [3.8, 4) is 17.3 Å². The summed E-state index contributed by atoms with van der Waals surface area (Å²) in [5, 5.41) is 11.6. The van der Waals surface area contributed by atoms with Crippen molar-refractivity contribution >= 4 is 5.95 Å². The molecule has 0 aliphatic heterocycles. The van der Waals surface area contributed by atoms with Crippen molar-refractivity contribution in [1.29, 1.82) is 5.26 Å². The fraction of sp³-hybridized carbons (Fsp3) is 0.154. The van der Waals surface area contributed by atoms with Crippen LogP contribution in [0, 0.1) is 23.0 Å². The molecule has 0 aliphatic carbocycles. The minimum Gasteiger partial charge on any atom is -0.354 e. The average molecular weight is 260 g/mol. The number of rotatable bonds is 3. The van der Waals surface area contributed by atoms with E-state index < -0.39 is 11.6 Å². The van der Waals surface area contributed by atoms with Gasteiger partial charge < -0.3 is 5.32 Å². The molecule has 1 N–H and O–H groups in total. The normalized spacial score (nSPS) is 10.0. The van der Waals surface area contributed by atoms with Gasteiger partial charge in [0.1, 0.15) is 11.5 Å². The number of nitrogens with one attached hydrogen (secondary N) is 1. The molecule has 1 aromatic carbocycles. The number of hydrogen-bond acceptors (Lipinski definition) is 4. The van der Waals surface area contributed by atoms with Gasteiger partial charge in [0.25, 0.3) is 0 Å². The van der Waals surface area contributed by atoms with Crippen molar-refractivity contribution in [2.45, 2.75) is 6.92 Å². The lowest BCUT2D eigenvalue weighted by molar-refractivity contribution is 0.616. The Hall–Kier alpha value is -2.55. The van der Waals surface area contributed by atoms with Gasteiger partial charge >= 0.3 is 0 Å². The van der Waals surface area contributed by atoms with E-state index in [0.717, 1.165) is 18.3 Å². The van der Waals surface area contributed by atoms with Crippen molar-refractivity contribution < 1.29 is 8.78 Å². The number of nitriles is 1. The second-order valence-corrected chi connectivity index (χ2v) is 3.76. The van der Waals surface area contributed by atoms with Crippen LogP contribution < -0.4 is 5.32 Å². The molecule has 0 aliphatic rings. The smallest absolute Gasteiger partial charge is 0.223 e. The predicted octanol–water partition coefficient (Wildman–Crippen LogP) is 2.73. The van der Waals surface area contributed by atoms with Gasteiger partial charge in [0, 0.05) is 12.1 Å². The third-order valence-corrected chi connectivity index (χ3v) is 2.38. The van der Waals surface area contributed by atoms with E-state index >= 15 is 0 Å². The molecule has 19 heavy (non-hydrogen) atoms. The van der Waals surface area contributed by atoms with Crippen LogP contribution >= 0.6 is 0 Å². The summed E-state index contributed by atoms with van der Waals surface area (Å²) in [5.41, 5.74) is 0.274. The first-order valence-electron chi connectivity index (χ1n) is 5.61. The van der Waals surface area contributed by atoms with Gasteiger partial charge in [0.15, 0.2) is 5.82 Å². The molecule has 0 radical (unpaired) electrons. The van der Waals surface area contributed by atoms with Crippen molar-refractivity contribution in [2.24, 2.45) is 0 Å². The Kier molecular flexibility index (Phi) is 3.66. The minimum atomic E-state index is -0.670. The summed E-state index contributed by atoms with van der Waals surface area (Å²) in [7, 11) is 0. The van der Waals surface area contributed by atoms with Gasteiger partial charge in [-0.15, -0.1) is 0 Å². The molecule has 0 saturated heterocycles. The topological polar surface area (TPSA) is 61.6 Å². The number of nitrogens with zero attached hydrogens (tertiary/aromatic N) is 3. The van der Waals surface area contributed by atoms with E-state index in [1.165, 1.54) is 6.07 Å². The highest BCUT2D eigenvalue weighted by molar-refractivity contribution is 5.63. The molecule has 1 heterocycles. The van der Waals surface area contributed by atoms with Gasteiger partial charge in [0.05, 0.1) is 17.8 Å². The van der Waals surface area contributed by atoms with Gasteiger partial charge in [-0.25, -0.2) is 18.7 Å². The maximum absolute atomic E-state index is 13.7. The fourth-order valence-electron chi connectivity index (χ4n) is 1.60. The quantitative estimate of drug-likeness (QED) is 0.921. The first kappa shape index (κ1) is 12.9. The lowest BCUT2D eigenvalue weighted by Crippen LogP contribution is -2.04. The molecule has 0 bridgehead atoms. The van der Waals surface area contributed by atoms with Crippen LogP contribution in [0.5, 0.6) is 0 Å². The Labute approximate surface area is 108 Å². The Morgan fingerprint density at radius 3 is 2.79 bits per heavy atom. The summed E-state index contributed by atoms with van der Waals surface area (Å²) < 4.78 is 27.1. The molecule has 0 fully saturated rings. The van der Waals surface area contributed by atoms with E-state index in [1.807, 2.05) is 13.0 Å². The Balaban J connectivity index is 2.54. The molecular formula is C13H10F2N4. The van der Waals surface area contributed by atoms with E-state index in [0.29, 0.717) is 6.54 Å². The molecule has 2 rings (SSSR count). The largest absolute Gasteiger partial charge is 0.354 e. The van der Waals surface area contributed by atoms with Crippen LogP contribution in [0.15, 0.2) is 24.4 Å². The molecular weight excluding hydrogens is 250 g/mol. The first-order valence-corrected chi connectivity index (χ1v) is 5.61. The summed E-state index contributed by atoms with van der Waals surface area (Å²) in [6.07, 6.45) is 1.01. The van der Waals surface area contributed by atoms with Crippen molar-refractivity contribution in [3.63, 3.8) is 0 Å². The number of benzene rings is 1. The third kappa shape index (κ3) is 2.83. The van der Waals surface area contributed by atoms with E-state index in [1.54, 1.807) is 0 Å². The molecule has 0 unspecified atom stereocenters. The SMILES string of the molecule is CCNc1ncc(F)c(-c2cc(F)cc(C#N)c2)n1. The van der Waals surface area contributed by atoms with Gasteiger partial charge in [-0.05, 0) is 25.1 Å². The van der Waals surface area contributed by atoms with Crippen LogP contribution in [-0.2, 0) is 0 Å². The van der Waals surface area contributed by atoms with Crippen LogP contribution in [-0.4, -0.2) is 16.5 Å². The molecule has 0 spiro atoms. The summed E-state index contributed by atoms with van der Waals surface area (Å²) in [5.74, 6) is -1.03. The van der Waals surface area contributed by atoms with Crippen LogP contribution in [0.3, 0.4) is 0 Å². The standard InChI is InChI=1S/C13H10F2N4/c1-2-17-13-18-7-11(15)12(19-13)9-3-8(6-16)4-10(14)5-9/h3-5,7H,2H2,1H3,(H,17,18,19). The summed E-state index contributed by atoms with van der Waals surface area (Å²) in [6, 6.07) is 5.40. The van der Waals surface area contributed by atoms with Crippen LogP contribution in [0.2, 0.25) is 0 Å². The monoisotopic (exact) mass is 260 g/mol. The Morgan fingerprint density at radius 1 is 1.32 bits per heavy atom. The zero-order chi connectivity index (χ0) is 13.8. The summed E-state index contributed by atoms with van der Waals surface area (Å²) in [4.78, 5) is 7.74. The molecule has 6 heteroatoms. The Morgan fingerprint density at radius 2 is 2.11 bits per heavy atom. The minimum absolute atomic E-state index is 0.0399. The van der Waals surface area contributed by atoms with Gasteiger partial charge in [-0.1, -0.05) is 0 Å². The lowest BCUT2D eigenvalue weighted by atomic mass is 10.1. The molecule has 0 atom stereocenters. The predicted molar refractivity (Wildman–Crippen MR) is 66.3 cm³/mol. The zero-order valence-corrected chi connectivity index (χ0v) is 10.1. The second-order valence-electron chi connectivity index (χ2n) is 3.76. The van der Waals surface area contributed by atoms with E-state index in [9.17, 15) is 8.78 Å². The highest BCUT2D eigenvalue weighted by atomic mass is 19.1. The number of halogens is 2. The molecule has 0 saturated carbocycles. The van der Waals surface area contributed by atoms with Crippen molar-refractivity contribution in [1.82, 2.24) is 9.97 Å². The van der Waals surface area contributed by atoms with Crippen LogP contribution in [0.25, 0.3) is 11.3 Å². The highest BCUT2D eigenvalue weighted by Gasteiger charge is 2.11. The second kappa shape index (κ2) is 5.40. The van der Waals surface area contributed by atoms with E-state index in [4.69, 9.17) is 5.26 Å². The maximum Gasteiger partial charge on any atom is 0.223 e. The summed E-state index contributed by atoms with van der Waals surface area (Å²) in [6.45, 7) is 2.43. The molecule has 96 valence electrons. The van der Waals surface area contributed by atoms with E-state index in [-0.39, 0.29) is 22.8 Å². The van der Waals surface area contributed by atoms with E-state index in [2.05, 4.69) is 15.3 Å². The molecule has 1 aromatic heterocycles. The number of hydrogen-bond donors (Lipinski definition) is 1. The van der Waals surface area contributed by atoms with Gasteiger partial charge in [-0.2, -0.15) is 5.26 Å². The van der Waals surface area contributed by atoms with Gasteiger partial charge in [0.2, 0.25) is 5.95 Å². The number of anilines is 1. The van der Waals surface area contributed by atoms with Crippen molar-refractivity contribution in [2.75, 3.05) is 11.9 Å². The number of aromatic nitrogens is 2. The molecule has 0 amide bonds. The van der Waals surface area contributed by atoms with Gasteiger partial charge in [-0.3, -0.25) is 0 Å². The first-order chi connectivity index (χ1) is 9.13. The lowest BCUT2D eigenvalue weighted by Gasteiger charge is -2.06. The maximum atomic E-state index is 13.7. The van der Waals surface area contributed by atoms with Crippen LogP contribution in [0.1, 0.15) is 12.5 Å². The highest BCUT2D eigenvalue weighted by Crippen LogP contribution is 2.23. The fourth-order valence-corrected chi connectivity index (χ4v) is 1.60. The average Bonchev–Trinajstić information content (AvgIpc) is 2.40. The molecule has 2 aromatic rings. The van der Waals surface area contributed by atoms with Crippen molar-refractivity contribution in [3.05, 3.63) is 41.6 Å². The molecule has 4 nitrogen and oxygen atoms in total.